The van der Waals surface area contributed by atoms with Crippen molar-refractivity contribution in [2.45, 2.75) is 0 Å². The maximum absolute atomic E-state index is 13.2. The topological polar surface area (TPSA) is 163 Å². The van der Waals surface area contributed by atoms with E-state index in [2.05, 4.69) is 29.9 Å². The summed E-state index contributed by atoms with van der Waals surface area (Å²) >= 11 is 0. The Kier molecular flexibility index (Phi) is 6.98. The second-order valence-corrected chi connectivity index (χ2v) is 7.55. The minimum absolute atomic E-state index is 0.0104. The van der Waals surface area contributed by atoms with Gasteiger partial charge in [0.25, 0.3) is 0 Å². The van der Waals surface area contributed by atoms with E-state index in [1.807, 2.05) is 0 Å². The highest BCUT2D eigenvalue weighted by atomic mass is 16.5. The lowest BCUT2D eigenvalue weighted by Gasteiger charge is -2.08. The lowest BCUT2D eigenvalue weighted by molar-refractivity contribution is 0.319. The molecule has 0 aliphatic carbocycles. The van der Waals surface area contributed by atoms with Gasteiger partial charge in [-0.3, -0.25) is 4.79 Å². The van der Waals surface area contributed by atoms with Crippen LogP contribution in [-0.2, 0) is 0 Å². The van der Waals surface area contributed by atoms with E-state index in [4.69, 9.17) is 32.8 Å². The summed E-state index contributed by atoms with van der Waals surface area (Å²) in [5, 5.41) is 0.357. The van der Waals surface area contributed by atoms with Crippen LogP contribution in [0.1, 0.15) is 0 Å². The molecule has 0 N–H and O–H groups in total. The molecule has 0 amide bonds. The number of fused-ring (bicyclic) bond motifs is 1. The summed E-state index contributed by atoms with van der Waals surface area (Å²) in [4.78, 5) is 37.2. The van der Waals surface area contributed by atoms with Gasteiger partial charge in [0.1, 0.15) is 23.3 Å². The molecular formula is C25H20N6O8. The third-order valence-electron chi connectivity index (χ3n) is 5.21. The van der Waals surface area contributed by atoms with E-state index in [1.54, 1.807) is 42.5 Å². The number of benzene rings is 2. The maximum Gasteiger partial charge on any atom is 0.331 e. The summed E-state index contributed by atoms with van der Waals surface area (Å²) in [5.74, 6) is 0.759. The van der Waals surface area contributed by atoms with Crippen LogP contribution in [0.2, 0.25) is 0 Å². The molecule has 0 unspecified atom stereocenters. The average molecular weight is 532 g/mol. The molecule has 2 aromatic carbocycles. The van der Waals surface area contributed by atoms with Crippen molar-refractivity contribution in [3.63, 3.8) is 0 Å². The highest BCUT2D eigenvalue weighted by Gasteiger charge is 2.14. The van der Waals surface area contributed by atoms with E-state index in [0.717, 1.165) is 0 Å². The molecule has 0 saturated heterocycles. The van der Waals surface area contributed by atoms with E-state index in [1.165, 1.54) is 34.7 Å². The average Bonchev–Trinajstić information content (AvgIpc) is 2.97. The Morgan fingerprint density at radius 1 is 0.590 bits per heavy atom. The number of nitrogens with zero attached hydrogens (tertiary/aromatic N) is 6. The van der Waals surface area contributed by atoms with Gasteiger partial charge in [0.2, 0.25) is 0 Å². The molecular weight excluding hydrogens is 512 g/mol. The largest absolute Gasteiger partial charge is 0.467 e. The Balaban J connectivity index is 1.38. The van der Waals surface area contributed by atoms with Gasteiger partial charge in [-0.05, 0) is 29.8 Å². The highest BCUT2D eigenvalue weighted by Crippen LogP contribution is 2.28. The second-order valence-electron chi connectivity index (χ2n) is 7.55. The molecule has 0 fully saturated rings. The van der Waals surface area contributed by atoms with Gasteiger partial charge in [-0.1, -0.05) is 12.1 Å². The molecule has 0 spiro atoms. The molecule has 14 nitrogen and oxygen atoms in total. The van der Waals surface area contributed by atoms with Crippen molar-refractivity contribution in [3.05, 3.63) is 59.0 Å². The van der Waals surface area contributed by atoms with Crippen molar-refractivity contribution < 1.29 is 32.8 Å². The smallest absolute Gasteiger partial charge is 0.331 e. The number of methoxy groups -OCH3 is 4. The van der Waals surface area contributed by atoms with Gasteiger partial charge in [-0.2, -0.15) is 0 Å². The van der Waals surface area contributed by atoms with Gasteiger partial charge in [0, 0.05) is 6.07 Å². The van der Waals surface area contributed by atoms with Crippen molar-refractivity contribution in [1.29, 1.82) is 0 Å². The molecule has 0 aliphatic rings. The van der Waals surface area contributed by atoms with Crippen LogP contribution >= 0.6 is 0 Å². The van der Waals surface area contributed by atoms with Gasteiger partial charge < -0.3 is 32.8 Å². The Bertz CT molecular complexity index is 1650. The van der Waals surface area contributed by atoms with E-state index < -0.39 is 0 Å². The molecule has 0 aliphatic heterocycles. The first kappa shape index (κ1) is 25.1. The summed E-state index contributed by atoms with van der Waals surface area (Å²) in [5.41, 5.74) is 1.06. The molecule has 0 saturated carbocycles. The molecule has 3 aromatic heterocycles. The lowest BCUT2D eigenvalue weighted by Crippen LogP contribution is -2.05. The van der Waals surface area contributed by atoms with Gasteiger partial charge >= 0.3 is 36.1 Å². The summed E-state index contributed by atoms with van der Waals surface area (Å²) in [6.07, 6.45) is 1.38. The minimum Gasteiger partial charge on any atom is -0.467 e. The third-order valence-corrected chi connectivity index (χ3v) is 5.21. The van der Waals surface area contributed by atoms with Crippen molar-refractivity contribution >= 4 is 11.0 Å². The zero-order valence-electron chi connectivity index (χ0n) is 21.1. The lowest BCUT2D eigenvalue weighted by atomic mass is 10.1. The van der Waals surface area contributed by atoms with Gasteiger partial charge in [0.15, 0.2) is 5.43 Å². The van der Waals surface area contributed by atoms with Crippen molar-refractivity contribution in [2.75, 3.05) is 28.4 Å². The second kappa shape index (κ2) is 10.8. The van der Waals surface area contributed by atoms with Gasteiger partial charge in [-0.15, -0.1) is 29.9 Å². The molecule has 5 rings (SSSR count). The first-order chi connectivity index (χ1) is 19.0. The number of hydrogen-bond donors (Lipinski definition) is 0. The van der Waals surface area contributed by atoms with Crippen LogP contribution < -0.4 is 33.8 Å². The zero-order chi connectivity index (χ0) is 27.4. The number of aromatic nitrogens is 6. The highest BCUT2D eigenvalue weighted by molar-refractivity contribution is 5.82. The Labute approximate surface area is 220 Å². The van der Waals surface area contributed by atoms with Crippen molar-refractivity contribution in [2.24, 2.45) is 0 Å². The molecule has 0 atom stereocenters. The van der Waals surface area contributed by atoms with E-state index >= 15 is 0 Å². The maximum atomic E-state index is 13.2. The summed E-state index contributed by atoms with van der Waals surface area (Å²) in [6, 6.07) is 11.6. The predicted octanol–water partition coefficient (Wildman–Crippen LogP) is 3.45. The molecule has 0 bridgehead atoms. The van der Waals surface area contributed by atoms with Crippen molar-refractivity contribution in [1.82, 2.24) is 29.9 Å². The Morgan fingerprint density at radius 3 is 1.56 bits per heavy atom. The fraction of sp³-hybridized carbons (Fsp3) is 0.160. The summed E-state index contributed by atoms with van der Waals surface area (Å²) < 4.78 is 37.2. The molecule has 14 heteroatoms. The third kappa shape index (κ3) is 5.44. The molecule has 3 heterocycles. The van der Waals surface area contributed by atoms with Crippen LogP contribution in [0.15, 0.2) is 57.9 Å². The monoisotopic (exact) mass is 532 g/mol. The summed E-state index contributed by atoms with van der Waals surface area (Å²) in [6.45, 7) is 0. The van der Waals surface area contributed by atoms with E-state index in [0.29, 0.717) is 33.6 Å². The quantitative estimate of drug-likeness (QED) is 0.271. The molecule has 198 valence electrons. The van der Waals surface area contributed by atoms with E-state index in [9.17, 15) is 4.79 Å². The van der Waals surface area contributed by atoms with Crippen LogP contribution in [0.25, 0.3) is 22.1 Å². The fourth-order valence-electron chi connectivity index (χ4n) is 3.38. The zero-order valence-corrected chi connectivity index (χ0v) is 21.1. The van der Waals surface area contributed by atoms with Crippen LogP contribution in [0, 0.1) is 0 Å². The van der Waals surface area contributed by atoms with Crippen LogP contribution in [0.4, 0.5) is 0 Å². The number of hydrogen-bond acceptors (Lipinski definition) is 14. The van der Waals surface area contributed by atoms with Crippen LogP contribution in [0.5, 0.6) is 47.6 Å². The number of ether oxygens (including phenoxy) is 6. The fourth-order valence-corrected chi connectivity index (χ4v) is 3.38. The minimum atomic E-state index is -0.230. The van der Waals surface area contributed by atoms with Gasteiger partial charge in [-0.25, -0.2) is 0 Å². The standard InChI is InChI=1S/C25H20N6O8/c1-33-20-26-21(34-2)29-24(28-20)38-14-7-5-13(6-8-14)17-12-37-18-11-15(9-10-16(18)19(17)32)39-25-30-22(35-3)27-23(31-25)36-4/h5-12H,1-4H3. The summed E-state index contributed by atoms with van der Waals surface area (Å²) in [7, 11) is 5.65. The first-order valence-corrected chi connectivity index (χ1v) is 11.2. The number of rotatable bonds is 9. The Hall–Kier alpha value is -5.53. The van der Waals surface area contributed by atoms with Gasteiger partial charge in [0.05, 0.1) is 39.4 Å². The molecule has 5 aromatic rings. The Morgan fingerprint density at radius 2 is 1.05 bits per heavy atom. The van der Waals surface area contributed by atoms with E-state index in [-0.39, 0.29) is 41.5 Å². The first-order valence-electron chi connectivity index (χ1n) is 11.2. The predicted molar refractivity (Wildman–Crippen MR) is 134 cm³/mol. The van der Waals surface area contributed by atoms with Crippen molar-refractivity contribution in [3.8, 4) is 58.7 Å². The van der Waals surface area contributed by atoms with Crippen LogP contribution in [-0.4, -0.2) is 58.3 Å². The molecule has 0 radical (unpaired) electrons. The molecule has 39 heavy (non-hydrogen) atoms. The van der Waals surface area contributed by atoms with Crippen LogP contribution in [0.3, 0.4) is 0 Å². The normalized spacial score (nSPS) is 10.7. The SMILES string of the molecule is COc1nc(OC)nc(Oc2ccc(-c3coc4cc(Oc5nc(OC)nc(OC)n5)ccc4c3=O)cc2)n1.